The molecule has 2 N–H and O–H groups in total. The van der Waals surface area contributed by atoms with E-state index in [1.165, 1.54) is 0 Å². The lowest BCUT2D eigenvalue weighted by atomic mass is 10.2. The Kier molecular flexibility index (Phi) is 6.84. The van der Waals surface area contributed by atoms with Gasteiger partial charge >= 0.3 is 7.60 Å². The average molecular weight is 510 g/mol. The molecule has 4 aromatic carbocycles. The van der Waals surface area contributed by atoms with Crippen LogP contribution in [0, 0.1) is 0 Å². The fraction of sp³-hybridized carbons (Fsp3) is 0.0400. The smallest absolute Gasteiger partial charge is 0.457 e. The van der Waals surface area contributed by atoms with Crippen LogP contribution in [0.1, 0.15) is 11.3 Å². The van der Waals surface area contributed by atoms with Gasteiger partial charge in [0.15, 0.2) is 5.78 Å². The van der Waals surface area contributed by atoms with E-state index in [-0.39, 0.29) is 5.75 Å². The maximum Gasteiger partial charge on any atom is 0.457 e. The highest BCUT2D eigenvalue weighted by atomic mass is 79.9. The molecule has 0 heterocycles. The first-order chi connectivity index (χ1) is 15.5. The normalized spacial score (nSPS) is 12.0. The van der Waals surface area contributed by atoms with Crippen molar-refractivity contribution >= 4 is 29.2 Å². The lowest BCUT2D eigenvalue weighted by Gasteiger charge is -2.29. The zero-order chi connectivity index (χ0) is 22.4. The highest BCUT2D eigenvalue weighted by Crippen LogP contribution is 2.61. The first-order valence-corrected chi connectivity index (χ1v) is 12.3. The molecule has 1 atom stereocenters. The summed E-state index contributed by atoms with van der Waals surface area (Å²) in [5, 5.41) is 13.9. The van der Waals surface area contributed by atoms with E-state index >= 15 is 0 Å². The van der Waals surface area contributed by atoms with Gasteiger partial charge in [-0.25, -0.2) is 4.57 Å². The van der Waals surface area contributed by atoms with Crippen molar-refractivity contribution < 1.29 is 18.7 Å². The van der Waals surface area contributed by atoms with E-state index in [9.17, 15) is 9.67 Å². The molecule has 4 aromatic rings. The van der Waals surface area contributed by atoms with Gasteiger partial charge in [-0.2, -0.15) is 0 Å². The molecule has 5 nitrogen and oxygen atoms in total. The Morgan fingerprint density at radius 3 is 1.78 bits per heavy atom. The summed E-state index contributed by atoms with van der Waals surface area (Å²) in [7, 11) is -4.00. The SMILES string of the molecule is O=P(Oc1ccccc1)(Oc1ccccc1)C(Nc1ccccc1Br)c1ccccc1O. The van der Waals surface area contributed by atoms with Crippen molar-refractivity contribution in [3.63, 3.8) is 0 Å². The predicted octanol–water partition coefficient (Wildman–Crippen LogP) is 7.62. The van der Waals surface area contributed by atoms with Crippen LogP contribution in [0.25, 0.3) is 0 Å². The largest absolute Gasteiger partial charge is 0.508 e. The number of para-hydroxylation sites is 4. The lowest BCUT2D eigenvalue weighted by Crippen LogP contribution is -2.18. The van der Waals surface area contributed by atoms with Gasteiger partial charge in [0.2, 0.25) is 0 Å². The van der Waals surface area contributed by atoms with Gasteiger partial charge in [-0.1, -0.05) is 66.7 Å². The number of anilines is 1. The Hall–Kier alpha value is -3.21. The van der Waals surface area contributed by atoms with Crippen LogP contribution in [0.2, 0.25) is 0 Å². The molecule has 7 heteroatoms. The molecule has 0 radical (unpaired) electrons. The number of halogens is 1. The second kappa shape index (κ2) is 9.94. The lowest BCUT2D eigenvalue weighted by molar-refractivity contribution is 0.374. The van der Waals surface area contributed by atoms with Crippen molar-refractivity contribution in [1.29, 1.82) is 0 Å². The van der Waals surface area contributed by atoms with Crippen molar-refractivity contribution in [2.24, 2.45) is 0 Å². The molecule has 0 saturated heterocycles. The van der Waals surface area contributed by atoms with Gasteiger partial charge in [-0.15, -0.1) is 0 Å². The quantitative estimate of drug-likeness (QED) is 0.239. The summed E-state index contributed by atoms with van der Waals surface area (Å²) in [5.74, 6) is -0.254. The molecule has 0 fully saturated rings. The van der Waals surface area contributed by atoms with Crippen LogP contribution in [0.5, 0.6) is 17.2 Å². The molecule has 0 spiro atoms. The monoisotopic (exact) mass is 509 g/mol. The minimum absolute atomic E-state index is 0.0226. The summed E-state index contributed by atoms with van der Waals surface area (Å²) < 4.78 is 27.3. The third-order valence-corrected chi connectivity index (χ3v) is 7.33. The Morgan fingerprint density at radius 2 is 1.22 bits per heavy atom. The van der Waals surface area contributed by atoms with Crippen LogP contribution < -0.4 is 14.4 Å². The molecule has 0 amide bonds. The highest BCUT2D eigenvalue weighted by molar-refractivity contribution is 9.10. The molecule has 0 saturated carbocycles. The topological polar surface area (TPSA) is 67.8 Å². The van der Waals surface area contributed by atoms with Crippen molar-refractivity contribution in [3.8, 4) is 17.2 Å². The molecule has 0 aliphatic rings. The first-order valence-electron chi connectivity index (χ1n) is 9.93. The molecule has 1 unspecified atom stereocenters. The fourth-order valence-corrected chi connectivity index (χ4v) is 5.49. The number of benzene rings is 4. The first kappa shape index (κ1) is 22.0. The highest BCUT2D eigenvalue weighted by Gasteiger charge is 2.42. The van der Waals surface area contributed by atoms with E-state index in [1.807, 2.05) is 36.4 Å². The molecular formula is C25H21BrNO4P. The Morgan fingerprint density at radius 1 is 0.719 bits per heavy atom. The van der Waals surface area contributed by atoms with Crippen molar-refractivity contribution in [2.75, 3.05) is 5.32 Å². The third-order valence-electron chi connectivity index (χ3n) is 4.67. The molecule has 0 bridgehead atoms. The van der Waals surface area contributed by atoms with E-state index in [1.54, 1.807) is 72.8 Å². The summed E-state index contributed by atoms with van der Waals surface area (Å²) in [6, 6.07) is 31.8. The van der Waals surface area contributed by atoms with Crippen LogP contribution in [-0.2, 0) is 4.57 Å². The number of hydrogen-bond acceptors (Lipinski definition) is 5. The van der Waals surface area contributed by atoms with Crippen LogP contribution in [0.3, 0.4) is 0 Å². The Bertz CT molecular complexity index is 1180. The zero-order valence-corrected chi connectivity index (χ0v) is 19.4. The summed E-state index contributed by atoms with van der Waals surface area (Å²) in [6.45, 7) is 0. The molecule has 4 rings (SSSR count). The molecule has 162 valence electrons. The second-order valence-electron chi connectivity index (χ2n) is 6.93. The average Bonchev–Trinajstić information content (AvgIpc) is 2.80. The van der Waals surface area contributed by atoms with Crippen molar-refractivity contribution in [3.05, 3.63) is 119 Å². The minimum Gasteiger partial charge on any atom is -0.508 e. The van der Waals surface area contributed by atoms with E-state index in [0.29, 0.717) is 22.7 Å². The van der Waals surface area contributed by atoms with E-state index in [4.69, 9.17) is 9.05 Å². The molecule has 0 aromatic heterocycles. The van der Waals surface area contributed by atoms with Gasteiger partial charge in [0, 0.05) is 15.7 Å². The minimum atomic E-state index is -4.00. The van der Waals surface area contributed by atoms with Crippen LogP contribution in [0.15, 0.2) is 114 Å². The Labute approximate surface area is 195 Å². The van der Waals surface area contributed by atoms with Crippen LogP contribution in [-0.4, -0.2) is 5.11 Å². The number of aromatic hydroxyl groups is 1. The van der Waals surface area contributed by atoms with Crippen LogP contribution in [0.4, 0.5) is 5.69 Å². The fourth-order valence-electron chi connectivity index (χ4n) is 3.15. The number of hydrogen-bond donors (Lipinski definition) is 2. The maximum atomic E-state index is 14.5. The van der Waals surface area contributed by atoms with E-state index in [0.717, 1.165) is 4.47 Å². The maximum absolute atomic E-state index is 14.5. The molecular weight excluding hydrogens is 489 g/mol. The zero-order valence-electron chi connectivity index (χ0n) is 17.0. The van der Waals surface area contributed by atoms with E-state index in [2.05, 4.69) is 21.2 Å². The summed E-state index contributed by atoms with van der Waals surface area (Å²) >= 11 is 3.52. The van der Waals surface area contributed by atoms with Crippen molar-refractivity contribution in [2.45, 2.75) is 5.78 Å². The summed E-state index contributed by atoms with van der Waals surface area (Å²) in [4.78, 5) is 0. The number of phenols is 1. The second-order valence-corrected chi connectivity index (χ2v) is 9.75. The number of nitrogens with one attached hydrogen (secondary N) is 1. The van der Waals surface area contributed by atoms with Gasteiger partial charge in [0.1, 0.15) is 17.2 Å². The van der Waals surface area contributed by atoms with Crippen molar-refractivity contribution in [1.82, 2.24) is 0 Å². The van der Waals surface area contributed by atoms with Gasteiger partial charge in [-0.3, -0.25) is 0 Å². The molecule has 32 heavy (non-hydrogen) atoms. The van der Waals surface area contributed by atoms with Gasteiger partial charge in [-0.05, 0) is 58.4 Å². The molecule has 0 aliphatic heterocycles. The third kappa shape index (κ3) is 5.16. The van der Waals surface area contributed by atoms with Gasteiger partial charge in [0.25, 0.3) is 0 Å². The van der Waals surface area contributed by atoms with E-state index < -0.39 is 13.4 Å². The Balaban J connectivity index is 1.84. The predicted molar refractivity (Wildman–Crippen MR) is 130 cm³/mol. The standard InChI is InChI=1S/C25H21BrNO4P/c26-22-16-8-9-17-23(22)27-25(21-15-7-10-18-24(21)28)32(29,30-19-11-3-1-4-12-19)31-20-13-5-2-6-14-20/h1-18,25,27-28H. The molecule has 0 aliphatic carbocycles. The summed E-state index contributed by atoms with van der Waals surface area (Å²) in [6.07, 6.45) is 0. The van der Waals surface area contributed by atoms with Gasteiger partial charge < -0.3 is 19.5 Å². The van der Waals surface area contributed by atoms with Crippen LogP contribution >= 0.6 is 23.5 Å². The number of rotatable bonds is 8. The number of phenolic OH excluding ortho intramolecular Hbond substituents is 1. The van der Waals surface area contributed by atoms with Gasteiger partial charge in [0.05, 0.1) is 0 Å². The summed E-state index contributed by atoms with van der Waals surface area (Å²) in [5.41, 5.74) is 1.06.